The lowest BCUT2D eigenvalue weighted by Gasteiger charge is -2.41. The van der Waals surface area contributed by atoms with Crippen molar-refractivity contribution in [3.05, 3.63) is 35.4 Å². The summed E-state index contributed by atoms with van der Waals surface area (Å²) in [6.45, 7) is 2.81. The number of carbonyl (C=O) groups excluding carboxylic acids is 1. The molecule has 0 radical (unpaired) electrons. The molecule has 1 aromatic carbocycles. The number of hydrogen-bond acceptors (Lipinski definition) is 4. The fraction of sp³-hybridized carbons (Fsp3) is 0.556. The van der Waals surface area contributed by atoms with E-state index in [1.165, 1.54) is 0 Å². The molecule has 130 valence electrons. The lowest BCUT2D eigenvalue weighted by atomic mass is 10.0. The summed E-state index contributed by atoms with van der Waals surface area (Å²) in [7, 11) is 2.10. The molecule has 2 saturated heterocycles. The number of carbonyl (C=O) groups is 2. The summed E-state index contributed by atoms with van der Waals surface area (Å²) in [6, 6.07) is 7.05. The average Bonchev–Trinajstić information content (AvgIpc) is 3.01. The topological polar surface area (TPSA) is 70.1 Å². The van der Waals surface area contributed by atoms with Gasteiger partial charge in [-0.05, 0) is 44.1 Å². The van der Waals surface area contributed by atoms with Crippen molar-refractivity contribution in [2.45, 2.75) is 31.3 Å². The Hall–Kier alpha value is -1.92. The molecular formula is C18H24N2O4. The zero-order chi connectivity index (χ0) is 17.1. The minimum absolute atomic E-state index is 0.0474. The zero-order valence-electron chi connectivity index (χ0n) is 14.0. The normalized spacial score (nSPS) is 25.0. The Morgan fingerprint density at radius 2 is 2.12 bits per heavy atom. The van der Waals surface area contributed by atoms with Crippen LogP contribution in [0.25, 0.3) is 0 Å². The molecule has 0 aliphatic carbocycles. The summed E-state index contributed by atoms with van der Waals surface area (Å²) < 4.78 is 5.63. The molecular weight excluding hydrogens is 308 g/mol. The van der Waals surface area contributed by atoms with Gasteiger partial charge in [0.25, 0.3) is 0 Å². The maximum Gasteiger partial charge on any atom is 0.335 e. The van der Waals surface area contributed by atoms with Gasteiger partial charge in [0.2, 0.25) is 5.91 Å². The molecule has 6 heteroatoms. The molecule has 0 saturated carbocycles. The van der Waals surface area contributed by atoms with Gasteiger partial charge in [-0.25, -0.2) is 4.79 Å². The SMILES string of the molecule is CN1CCCC1C1COCCN1C(=O)Cc1cccc(C(=O)O)c1. The van der Waals surface area contributed by atoms with Crippen LogP contribution in [0.2, 0.25) is 0 Å². The Balaban J connectivity index is 1.72. The maximum atomic E-state index is 12.8. The highest BCUT2D eigenvalue weighted by Gasteiger charge is 2.37. The second kappa shape index (κ2) is 7.32. The second-order valence-corrected chi connectivity index (χ2v) is 6.60. The van der Waals surface area contributed by atoms with Gasteiger partial charge < -0.3 is 19.6 Å². The molecule has 2 atom stereocenters. The first-order valence-electron chi connectivity index (χ1n) is 8.46. The quantitative estimate of drug-likeness (QED) is 0.899. The molecule has 0 spiro atoms. The number of ether oxygens (including phenoxy) is 1. The van der Waals surface area contributed by atoms with Crippen LogP contribution < -0.4 is 0 Å². The van der Waals surface area contributed by atoms with Crippen molar-refractivity contribution in [2.24, 2.45) is 0 Å². The predicted octanol–water partition coefficient (Wildman–Crippen LogP) is 1.25. The number of amides is 1. The average molecular weight is 332 g/mol. The van der Waals surface area contributed by atoms with E-state index in [9.17, 15) is 9.59 Å². The number of rotatable bonds is 4. The number of likely N-dealkylation sites (N-methyl/N-ethyl adjacent to an activating group) is 1. The summed E-state index contributed by atoms with van der Waals surface area (Å²) in [5.41, 5.74) is 0.958. The van der Waals surface area contributed by atoms with E-state index in [-0.39, 0.29) is 23.9 Å². The van der Waals surface area contributed by atoms with Crippen molar-refractivity contribution in [2.75, 3.05) is 33.4 Å². The van der Waals surface area contributed by atoms with E-state index in [2.05, 4.69) is 11.9 Å². The van der Waals surface area contributed by atoms with E-state index in [0.29, 0.717) is 25.8 Å². The van der Waals surface area contributed by atoms with Crippen molar-refractivity contribution in [3.63, 3.8) is 0 Å². The van der Waals surface area contributed by atoms with Crippen LogP contribution in [0, 0.1) is 0 Å². The van der Waals surface area contributed by atoms with Crippen LogP contribution in [-0.2, 0) is 16.0 Å². The highest BCUT2D eigenvalue weighted by Crippen LogP contribution is 2.24. The van der Waals surface area contributed by atoms with Crippen molar-refractivity contribution < 1.29 is 19.4 Å². The third kappa shape index (κ3) is 3.60. The molecule has 0 aromatic heterocycles. The molecule has 2 fully saturated rings. The number of benzene rings is 1. The van der Waals surface area contributed by atoms with E-state index < -0.39 is 5.97 Å². The molecule has 2 heterocycles. The molecule has 1 N–H and O–H groups in total. The summed E-state index contributed by atoms with van der Waals surface area (Å²) >= 11 is 0. The molecule has 1 aromatic rings. The largest absolute Gasteiger partial charge is 0.478 e. The van der Waals surface area contributed by atoms with E-state index in [4.69, 9.17) is 9.84 Å². The standard InChI is InChI=1S/C18H24N2O4/c1-19-7-3-6-15(19)16-12-24-9-8-20(16)17(21)11-13-4-2-5-14(10-13)18(22)23/h2,4-5,10,15-16H,3,6-9,11-12H2,1H3,(H,22,23). The first-order valence-corrected chi connectivity index (χ1v) is 8.46. The lowest BCUT2D eigenvalue weighted by Crippen LogP contribution is -2.57. The number of nitrogens with zero attached hydrogens (tertiary/aromatic N) is 2. The van der Waals surface area contributed by atoms with Gasteiger partial charge >= 0.3 is 5.97 Å². The first-order chi connectivity index (χ1) is 11.6. The molecule has 2 aliphatic rings. The summed E-state index contributed by atoms with van der Waals surface area (Å²) in [4.78, 5) is 28.2. The van der Waals surface area contributed by atoms with E-state index in [1.807, 2.05) is 11.0 Å². The molecule has 24 heavy (non-hydrogen) atoms. The van der Waals surface area contributed by atoms with E-state index >= 15 is 0 Å². The molecule has 0 bridgehead atoms. The van der Waals surface area contributed by atoms with Crippen LogP contribution >= 0.6 is 0 Å². The molecule has 2 aliphatic heterocycles. The minimum Gasteiger partial charge on any atom is -0.478 e. The predicted molar refractivity (Wildman–Crippen MR) is 89.1 cm³/mol. The third-order valence-electron chi connectivity index (χ3n) is 5.04. The van der Waals surface area contributed by atoms with Gasteiger partial charge in [-0.15, -0.1) is 0 Å². The Kier molecular flexibility index (Phi) is 5.16. The maximum absolute atomic E-state index is 12.8. The van der Waals surface area contributed by atoms with E-state index in [1.54, 1.807) is 18.2 Å². The van der Waals surface area contributed by atoms with Crippen molar-refractivity contribution >= 4 is 11.9 Å². The minimum atomic E-state index is -0.971. The van der Waals surface area contributed by atoms with Gasteiger partial charge in [0, 0.05) is 12.6 Å². The Morgan fingerprint density at radius 1 is 1.29 bits per heavy atom. The number of carboxylic acid groups (broad SMARTS) is 1. The fourth-order valence-corrected chi connectivity index (χ4v) is 3.76. The molecule has 3 rings (SSSR count). The van der Waals surface area contributed by atoms with Gasteiger partial charge in [-0.2, -0.15) is 0 Å². The van der Waals surface area contributed by atoms with Crippen molar-refractivity contribution in [1.29, 1.82) is 0 Å². The summed E-state index contributed by atoms with van der Waals surface area (Å²) in [6.07, 6.45) is 2.47. The number of carboxylic acids is 1. The Morgan fingerprint density at radius 3 is 2.83 bits per heavy atom. The number of likely N-dealkylation sites (tertiary alicyclic amines) is 1. The fourth-order valence-electron chi connectivity index (χ4n) is 3.76. The van der Waals surface area contributed by atoms with Crippen LogP contribution in [0.4, 0.5) is 0 Å². The molecule has 1 amide bonds. The third-order valence-corrected chi connectivity index (χ3v) is 5.04. The van der Waals surface area contributed by atoms with Crippen LogP contribution in [0.1, 0.15) is 28.8 Å². The number of aromatic carboxylic acids is 1. The van der Waals surface area contributed by atoms with Crippen molar-refractivity contribution in [3.8, 4) is 0 Å². The van der Waals surface area contributed by atoms with Gasteiger partial charge in [0.15, 0.2) is 0 Å². The number of morpholine rings is 1. The summed E-state index contributed by atoms with van der Waals surface area (Å²) in [5, 5.41) is 9.09. The second-order valence-electron chi connectivity index (χ2n) is 6.60. The van der Waals surface area contributed by atoms with Gasteiger partial charge in [-0.3, -0.25) is 4.79 Å². The highest BCUT2D eigenvalue weighted by atomic mass is 16.5. The van der Waals surface area contributed by atoms with Crippen LogP contribution in [-0.4, -0.2) is 72.2 Å². The van der Waals surface area contributed by atoms with Gasteiger partial charge in [0.1, 0.15) is 0 Å². The van der Waals surface area contributed by atoms with Gasteiger partial charge in [0.05, 0.1) is 31.2 Å². The highest BCUT2D eigenvalue weighted by molar-refractivity contribution is 5.88. The van der Waals surface area contributed by atoms with Crippen LogP contribution in [0.5, 0.6) is 0 Å². The monoisotopic (exact) mass is 332 g/mol. The zero-order valence-corrected chi connectivity index (χ0v) is 14.0. The van der Waals surface area contributed by atoms with Crippen LogP contribution in [0.15, 0.2) is 24.3 Å². The Bertz CT molecular complexity index is 619. The van der Waals surface area contributed by atoms with Gasteiger partial charge in [-0.1, -0.05) is 12.1 Å². The summed E-state index contributed by atoms with van der Waals surface area (Å²) in [5.74, 6) is -0.924. The Labute approximate surface area is 142 Å². The lowest BCUT2D eigenvalue weighted by molar-refractivity contribution is -0.141. The number of hydrogen-bond donors (Lipinski definition) is 1. The van der Waals surface area contributed by atoms with E-state index in [0.717, 1.165) is 24.9 Å². The van der Waals surface area contributed by atoms with Crippen LogP contribution in [0.3, 0.4) is 0 Å². The molecule has 6 nitrogen and oxygen atoms in total. The first kappa shape index (κ1) is 16.9. The van der Waals surface area contributed by atoms with Crippen molar-refractivity contribution in [1.82, 2.24) is 9.80 Å². The molecule has 2 unspecified atom stereocenters. The smallest absolute Gasteiger partial charge is 0.335 e.